The Morgan fingerprint density at radius 3 is 2.67 bits per heavy atom. The SMILES string of the molecule is Cc1ccc(C(=O)O)c2c1c(C)nn2C. The van der Waals surface area contributed by atoms with Crippen LogP contribution in [0.25, 0.3) is 10.9 Å². The first-order valence-electron chi connectivity index (χ1n) is 4.68. The summed E-state index contributed by atoms with van der Waals surface area (Å²) in [6, 6.07) is 3.45. The molecule has 0 aliphatic carbocycles. The minimum Gasteiger partial charge on any atom is -0.478 e. The summed E-state index contributed by atoms with van der Waals surface area (Å²) in [6.45, 7) is 3.85. The molecule has 1 aromatic heterocycles. The van der Waals surface area contributed by atoms with Crippen LogP contribution in [0, 0.1) is 13.8 Å². The van der Waals surface area contributed by atoms with E-state index in [9.17, 15) is 4.79 Å². The first-order valence-corrected chi connectivity index (χ1v) is 4.68. The van der Waals surface area contributed by atoms with Crippen molar-refractivity contribution in [2.45, 2.75) is 13.8 Å². The number of benzene rings is 1. The van der Waals surface area contributed by atoms with Gasteiger partial charge in [-0.2, -0.15) is 5.10 Å². The molecule has 0 fully saturated rings. The quantitative estimate of drug-likeness (QED) is 0.771. The van der Waals surface area contributed by atoms with Crippen LogP contribution in [0.5, 0.6) is 0 Å². The van der Waals surface area contributed by atoms with E-state index < -0.39 is 5.97 Å². The number of aryl methyl sites for hydroxylation is 3. The van der Waals surface area contributed by atoms with Crippen molar-refractivity contribution in [1.29, 1.82) is 0 Å². The number of fused-ring (bicyclic) bond motifs is 1. The van der Waals surface area contributed by atoms with Crippen LogP contribution in [0.4, 0.5) is 0 Å². The van der Waals surface area contributed by atoms with Gasteiger partial charge in [-0.25, -0.2) is 4.79 Å². The van der Waals surface area contributed by atoms with E-state index in [0.717, 1.165) is 16.6 Å². The number of carboxylic acids is 1. The summed E-state index contributed by atoms with van der Waals surface area (Å²) >= 11 is 0. The molecular weight excluding hydrogens is 192 g/mol. The number of nitrogens with zero attached hydrogens (tertiary/aromatic N) is 2. The van der Waals surface area contributed by atoms with Crippen LogP contribution in [-0.2, 0) is 7.05 Å². The number of carbonyl (C=O) groups is 1. The maximum absolute atomic E-state index is 11.0. The van der Waals surface area contributed by atoms with Gasteiger partial charge in [0.25, 0.3) is 0 Å². The Labute approximate surface area is 87.1 Å². The first kappa shape index (κ1) is 9.71. The maximum atomic E-state index is 11.0. The summed E-state index contributed by atoms with van der Waals surface area (Å²) in [7, 11) is 1.77. The molecule has 0 aliphatic rings. The minimum absolute atomic E-state index is 0.304. The molecule has 2 aromatic rings. The molecule has 2 rings (SSSR count). The second-order valence-corrected chi connectivity index (χ2v) is 3.67. The van der Waals surface area contributed by atoms with Crippen molar-refractivity contribution in [3.05, 3.63) is 29.0 Å². The van der Waals surface area contributed by atoms with Crippen LogP contribution in [0.15, 0.2) is 12.1 Å². The molecule has 78 valence electrons. The highest BCUT2D eigenvalue weighted by Gasteiger charge is 2.15. The average molecular weight is 204 g/mol. The summed E-state index contributed by atoms with van der Waals surface area (Å²) in [6.07, 6.45) is 0. The third-order valence-corrected chi connectivity index (χ3v) is 2.60. The van der Waals surface area contributed by atoms with Gasteiger partial charge in [0.1, 0.15) is 0 Å². The van der Waals surface area contributed by atoms with Crippen molar-refractivity contribution in [1.82, 2.24) is 9.78 Å². The number of aromatic carboxylic acids is 1. The van der Waals surface area contributed by atoms with E-state index in [1.165, 1.54) is 0 Å². The van der Waals surface area contributed by atoms with Crippen molar-refractivity contribution < 1.29 is 9.90 Å². The molecule has 0 spiro atoms. The highest BCUT2D eigenvalue weighted by molar-refractivity contribution is 6.03. The average Bonchev–Trinajstić information content (AvgIpc) is 2.43. The van der Waals surface area contributed by atoms with Gasteiger partial charge in [0.15, 0.2) is 0 Å². The van der Waals surface area contributed by atoms with Crippen LogP contribution in [0.3, 0.4) is 0 Å². The van der Waals surface area contributed by atoms with Gasteiger partial charge in [-0.3, -0.25) is 4.68 Å². The number of carboxylic acid groups (broad SMARTS) is 1. The van der Waals surface area contributed by atoms with Crippen LogP contribution in [0.1, 0.15) is 21.6 Å². The summed E-state index contributed by atoms with van der Waals surface area (Å²) in [5.41, 5.74) is 2.92. The van der Waals surface area contributed by atoms with Crippen LogP contribution >= 0.6 is 0 Å². The van der Waals surface area contributed by atoms with Gasteiger partial charge in [-0.15, -0.1) is 0 Å². The molecule has 0 saturated carbocycles. The van der Waals surface area contributed by atoms with Crippen molar-refractivity contribution in [3.63, 3.8) is 0 Å². The van der Waals surface area contributed by atoms with E-state index in [0.29, 0.717) is 11.1 Å². The largest absolute Gasteiger partial charge is 0.478 e. The summed E-state index contributed by atoms with van der Waals surface area (Å²) < 4.78 is 1.63. The summed E-state index contributed by atoms with van der Waals surface area (Å²) in [5.74, 6) is -0.914. The fourth-order valence-corrected chi connectivity index (χ4v) is 1.98. The predicted octanol–water partition coefficient (Wildman–Crippen LogP) is 1.89. The van der Waals surface area contributed by atoms with Gasteiger partial charge in [-0.1, -0.05) is 6.07 Å². The molecule has 0 radical (unpaired) electrons. The molecule has 0 aliphatic heterocycles. The van der Waals surface area contributed by atoms with Gasteiger partial charge in [-0.05, 0) is 25.5 Å². The Morgan fingerprint density at radius 1 is 1.40 bits per heavy atom. The first-order chi connectivity index (χ1) is 7.02. The number of rotatable bonds is 1. The van der Waals surface area contributed by atoms with Crippen molar-refractivity contribution in [2.24, 2.45) is 7.05 Å². The summed E-state index contributed by atoms with van der Waals surface area (Å²) in [5, 5.41) is 14.3. The fourth-order valence-electron chi connectivity index (χ4n) is 1.98. The van der Waals surface area contributed by atoms with Gasteiger partial charge in [0, 0.05) is 12.4 Å². The zero-order valence-corrected chi connectivity index (χ0v) is 8.90. The Morgan fingerprint density at radius 2 is 2.07 bits per heavy atom. The lowest BCUT2D eigenvalue weighted by molar-refractivity contribution is 0.0698. The summed E-state index contributed by atoms with van der Waals surface area (Å²) in [4.78, 5) is 11.0. The van der Waals surface area contributed by atoms with Gasteiger partial charge < -0.3 is 5.11 Å². The van der Waals surface area contributed by atoms with Gasteiger partial charge >= 0.3 is 5.97 Å². The molecule has 1 N–H and O–H groups in total. The number of aromatic nitrogens is 2. The van der Waals surface area contributed by atoms with E-state index in [2.05, 4.69) is 5.10 Å². The Balaban J connectivity index is 2.98. The second kappa shape index (κ2) is 3.08. The molecule has 0 atom stereocenters. The lowest BCUT2D eigenvalue weighted by Gasteiger charge is -2.02. The van der Waals surface area contributed by atoms with E-state index in [1.807, 2.05) is 19.9 Å². The van der Waals surface area contributed by atoms with E-state index >= 15 is 0 Å². The second-order valence-electron chi connectivity index (χ2n) is 3.67. The lowest BCUT2D eigenvalue weighted by Crippen LogP contribution is -2.01. The smallest absolute Gasteiger partial charge is 0.337 e. The molecule has 4 nitrogen and oxygen atoms in total. The minimum atomic E-state index is -0.914. The van der Waals surface area contributed by atoms with Crippen LogP contribution < -0.4 is 0 Å². The highest BCUT2D eigenvalue weighted by Crippen LogP contribution is 2.24. The van der Waals surface area contributed by atoms with Crippen molar-refractivity contribution in [3.8, 4) is 0 Å². The van der Waals surface area contributed by atoms with Crippen LogP contribution in [-0.4, -0.2) is 20.9 Å². The fraction of sp³-hybridized carbons (Fsp3) is 0.273. The number of hydrogen-bond acceptors (Lipinski definition) is 2. The Bertz CT molecular complexity index is 555. The monoisotopic (exact) mass is 204 g/mol. The molecule has 15 heavy (non-hydrogen) atoms. The number of hydrogen-bond donors (Lipinski definition) is 1. The zero-order valence-electron chi connectivity index (χ0n) is 8.90. The topological polar surface area (TPSA) is 55.1 Å². The maximum Gasteiger partial charge on any atom is 0.337 e. The molecule has 0 bridgehead atoms. The normalized spacial score (nSPS) is 10.9. The molecule has 0 saturated heterocycles. The highest BCUT2D eigenvalue weighted by atomic mass is 16.4. The molecule has 4 heteroatoms. The van der Waals surface area contributed by atoms with Crippen LogP contribution in [0.2, 0.25) is 0 Å². The predicted molar refractivity (Wildman–Crippen MR) is 57.1 cm³/mol. The van der Waals surface area contributed by atoms with E-state index in [1.54, 1.807) is 17.8 Å². The zero-order chi connectivity index (χ0) is 11.2. The molecule has 0 unspecified atom stereocenters. The van der Waals surface area contributed by atoms with Crippen molar-refractivity contribution >= 4 is 16.9 Å². The van der Waals surface area contributed by atoms with E-state index in [-0.39, 0.29) is 0 Å². The Kier molecular flexibility index (Phi) is 2.00. The molecule has 1 aromatic carbocycles. The van der Waals surface area contributed by atoms with Gasteiger partial charge in [0.05, 0.1) is 16.8 Å². The van der Waals surface area contributed by atoms with E-state index in [4.69, 9.17) is 5.11 Å². The molecule has 1 heterocycles. The standard InChI is InChI=1S/C11H12N2O2/c1-6-4-5-8(11(14)15)10-9(6)7(2)12-13(10)3/h4-5H,1-3H3,(H,14,15). The van der Waals surface area contributed by atoms with Gasteiger partial charge in [0.2, 0.25) is 0 Å². The molecular formula is C11H12N2O2. The third-order valence-electron chi connectivity index (χ3n) is 2.60. The lowest BCUT2D eigenvalue weighted by atomic mass is 10.0. The Hall–Kier alpha value is -1.84. The third kappa shape index (κ3) is 1.29. The van der Waals surface area contributed by atoms with Crippen molar-refractivity contribution in [2.75, 3.05) is 0 Å². The molecule has 0 amide bonds.